The Kier molecular flexibility index (Phi) is 3.71. The van der Waals surface area contributed by atoms with Crippen molar-refractivity contribution in [1.82, 2.24) is 5.32 Å². The Morgan fingerprint density at radius 1 is 1.24 bits per heavy atom. The van der Waals surface area contributed by atoms with Crippen LogP contribution in [0.15, 0.2) is 42.5 Å². The highest BCUT2D eigenvalue weighted by molar-refractivity contribution is 5.44. The summed E-state index contributed by atoms with van der Waals surface area (Å²) in [6.45, 7) is 2.71. The van der Waals surface area contributed by atoms with Crippen LogP contribution in [-0.2, 0) is 0 Å². The molecule has 0 aliphatic carbocycles. The van der Waals surface area contributed by atoms with Gasteiger partial charge in [-0.15, -0.1) is 0 Å². The van der Waals surface area contributed by atoms with E-state index in [0.717, 1.165) is 17.1 Å². The average molecular weight is 285 g/mol. The van der Waals surface area contributed by atoms with Crippen LogP contribution < -0.4 is 14.8 Å². The lowest BCUT2D eigenvalue weighted by Gasteiger charge is -2.19. The van der Waals surface area contributed by atoms with Gasteiger partial charge in [0.25, 0.3) is 0 Å². The summed E-state index contributed by atoms with van der Waals surface area (Å²) in [5.74, 6) is 1.85. The molecule has 4 nitrogen and oxygen atoms in total. The lowest BCUT2D eigenvalue weighted by atomic mass is 10.0. The molecule has 2 atom stereocenters. The van der Waals surface area contributed by atoms with Gasteiger partial charge in [-0.05, 0) is 36.8 Å². The predicted molar refractivity (Wildman–Crippen MR) is 80.9 cm³/mol. The topological polar surface area (TPSA) is 50.7 Å². The number of hydrogen-bond acceptors (Lipinski definition) is 4. The number of rotatable bonds is 4. The second-order valence-corrected chi connectivity index (χ2v) is 5.25. The number of fused-ring (bicyclic) bond motifs is 1. The number of aromatic hydroxyl groups is 1. The number of ether oxygens (including phenoxy) is 2. The van der Waals surface area contributed by atoms with Crippen molar-refractivity contribution in [2.45, 2.75) is 19.0 Å². The first kappa shape index (κ1) is 13.8. The van der Waals surface area contributed by atoms with Crippen LogP contribution in [0.4, 0.5) is 0 Å². The minimum Gasteiger partial charge on any atom is -0.508 e. The molecule has 0 radical (unpaired) electrons. The number of nitrogens with one attached hydrogen (secondary N) is 1. The Morgan fingerprint density at radius 2 is 2.00 bits per heavy atom. The molecule has 0 amide bonds. The van der Waals surface area contributed by atoms with Crippen molar-refractivity contribution in [3.8, 4) is 17.2 Å². The van der Waals surface area contributed by atoms with Gasteiger partial charge < -0.3 is 19.9 Å². The summed E-state index contributed by atoms with van der Waals surface area (Å²) in [6, 6.07) is 13.6. The monoisotopic (exact) mass is 285 g/mol. The molecule has 0 saturated carbocycles. The van der Waals surface area contributed by atoms with E-state index in [1.54, 1.807) is 19.2 Å². The molecule has 2 aromatic rings. The summed E-state index contributed by atoms with van der Waals surface area (Å²) >= 11 is 0. The lowest BCUT2D eigenvalue weighted by molar-refractivity contribution is 0.300. The van der Waals surface area contributed by atoms with E-state index < -0.39 is 0 Å². The van der Waals surface area contributed by atoms with Gasteiger partial charge in [-0.25, -0.2) is 0 Å². The zero-order valence-corrected chi connectivity index (χ0v) is 12.2. The highest BCUT2D eigenvalue weighted by atomic mass is 16.5. The Balaban J connectivity index is 1.72. The smallest absolute Gasteiger partial charge is 0.127 e. The van der Waals surface area contributed by atoms with Crippen LogP contribution in [-0.4, -0.2) is 18.8 Å². The van der Waals surface area contributed by atoms with E-state index in [9.17, 15) is 5.11 Å². The first-order valence-electron chi connectivity index (χ1n) is 7.03. The number of benzene rings is 2. The first-order chi connectivity index (χ1) is 10.2. The van der Waals surface area contributed by atoms with Crippen molar-refractivity contribution in [2.24, 2.45) is 0 Å². The Hall–Kier alpha value is -2.20. The second kappa shape index (κ2) is 5.66. The summed E-state index contributed by atoms with van der Waals surface area (Å²) in [6.07, 6.45) is 0. The summed E-state index contributed by atoms with van der Waals surface area (Å²) < 4.78 is 10.8. The van der Waals surface area contributed by atoms with Gasteiger partial charge >= 0.3 is 0 Å². The van der Waals surface area contributed by atoms with Crippen molar-refractivity contribution in [2.75, 3.05) is 13.7 Å². The van der Waals surface area contributed by atoms with Crippen molar-refractivity contribution < 1.29 is 14.6 Å². The van der Waals surface area contributed by atoms with Crippen LogP contribution in [0.3, 0.4) is 0 Å². The zero-order chi connectivity index (χ0) is 14.8. The molecule has 110 valence electrons. The summed E-state index contributed by atoms with van der Waals surface area (Å²) in [7, 11) is 1.67. The number of hydrogen-bond donors (Lipinski definition) is 2. The molecular weight excluding hydrogens is 266 g/mol. The van der Waals surface area contributed by atoms with Crippen LogP contribution in [0.2, 0.25) is 0 Å². The normalized spacial score (nSPS) is 17.9. The molecule has 2 aromatic carbocycles. The molecule has 3 rings (SSSR count). The second-order valence-electron chi connectivity index (χ2n) is 5.25. The standard InChI is InChI=1S/C17H19NO3/c1-11(12-3-6-14(20-2)7-4-12)18-16-10-21-17-9-13(19)5-8-15(16)17/h3-9,11,16,18-19H,10H2,1-2H3/t11-,16?/m0/s1. The molecule has 0 bridgehead atoms. The van der Waals surface area contributed by atoms with Gasteiger partial charge in [0.1, 0.15) is 23.9 Å². The van der Waals surface area contributed by atoms with Crippen molar-refractivity contribution in [1.29, 1.82) is 0 Å². The van der Waals surface area contributed by atoms with Gasteiger partial charge in [-0.3, -0.25) is 0 Å². The summed E-state index contributed by atoms with van der Waals surface area (Å²) in [5.41, 5.74) is 2.29. The molecule has 1 aliphatic heterocycles. The van der Waals surface area contributed by atoms with Crippen LogP contribution in [0.5, 0.6) is 17.2 Å². The Labute approximate surface area is 124 Å². The van der Waals surface area contributed by atoms with Crippen LogP contribution in [0.1, 0.15) is 30.1 Å². The van der Waals surface area contributed by atoms with Crippen molar-refractivity contribution >= 4 is 0 Å². The highest BCUT2D eigenvalue weighted by Gasteiger charge is 2.25. The predicted octanol–water partition coefficient (Wildman–Crippen LogP) is 3.19. The third-order valence-corrected chi connectivity index (χ3v) is 3.85. The molecule has 1 heterocycles. The zero-order valence-electron chi connectivity index (χ0n) is 12.2. The number of methoxy groups -OCH3 is 1. The third kappa shape index (κ3) is 2.81. The van der Waals surface area contributed by atoms with E-state index in [1.165, 1.54) is 5.56 Å². The van der Waals surface area contributed by atoms with E-state index >= 15 is 0 Å². The minimum absolute atomic E-state index is 0.137. The molecule has 2 N–H and O–H groups in total. The highest BCUT2D eigenvalue weighted by Crippen LogP contribution is 2.36. The van der Waals surface area contributed by atoms with E-state index in [1.807, 2.05) is 18.2 Å². The van der Waals surface area contributed by atoms with Gasteiger partial charge in [-0.2, -0.15) is 0 Å². The Morgan fingerprint density at radius 3 is 2.71 bits per heavy atom. The summed E-state index contributed by atoms with van der Waals surface area (Å²) in [5, 5.41) is 13.0. The molecule has 0 saturated heterocycles. The van der Waals surface area contributed by atoms with Gasteiger partial charge in [0, 0.05) is 17.7 Å². The number of phenols is 1. The molecule has 21 heavy (non-hydrogen) atoms. The third-order valence-electron chi connectivity index (χ3n) is 3.85. The molecule has 0 aromatic heterocycles. The van der Waals surface area contributed by atoms with Gasteiger partial charge in [0.05, 0.1) is 13.2 Å². The fraction of sp³-hybridized carbons (Fsp3) is 0.294. The summed E-state index contributed by atoms with van der Waals surface area (Å²) in [4.78, 5) is 0. The largest absolute Gasteiger partial charge is 0.508 e. The molecule has 1 unspecified atom stereocenters. The van der Waals surface area contributed by atoms with E-state index in [-0.39, 0.29) is 17.8 Å². The Bertz CT molecular complexity index is 624. The maximum absolute atomic E-state index is 9.48. The maximum Gasteiger partial charge on any atom is 0.127 e. The lowest BCUT2D eigenvalue weighted by Crippen LogP contribution is -2.25. The van der Waals surface area contributed by atoms with Crippen LogP contribution >= 0.6 is 0 Å². The molecule has 0 fully saturated rings. The minimum atomic E-state index is 0.137. The molecular formula is C17H19NO3. The first-order valence-corrected chi connectivity index (χ1v) is 7.03. The van der Waals surface area contributed by atoms with Crippen LogP contribution in [0.25, 0.3) is 0 Å². The fourth-order valence-corrected chi connectivity index (χ4v) is 2.63. The molecule has 4 heteroatoms. The van der Waals surface area contributed by atoms with Gasteiger partial charge in [-0.1, -0.05) is 12.1 Å². The quantitative estimate of drug-likeness (QED) is 0.906. The van der Waals surface area contributed by atoms with Crippen molar-refractivity contribution in [3.05, 3.63) is 53.6 Å². The van der Waals surface area contributed by atoms with Gasteiger partial charge in [0.15, 0.2) is 0 Å². The van der Waals surface area contributed by atoms with Gasteiger partial charge in [0.2, 0.25) is 0 Å². The fourth-order valence-electron chi connectivity index (χ4n) is 2.63. The maximum atomic E-state index is 9.48. The SMILES string of the molecule is COc1ccc([C@H](C)NC2COc3cc(O)ccc32)cc1. The van der Waals surface area contributed by atoms with E-state index in [0.29, 0.717) is 6.61 Å². The molecule has 0 spiro atoms. The van der Waals surface area contributed by atoms with Crippen molar-refractivity contribution in [3.63, 3.8) is 0 Å². The van der Waals surface area contributed by atoms with E-state index in [4.69, 9.17) is 9.47 Å². The van der Waals surface area contributed by atoms with Crippen LogP contribution in [0, 0.1) is 0 Å². The molecule has 1 aliphatic rings. The average Bonchev–Trinajstić information content (AvgIpc) is 2.89. The number of phenolic OH excluding ortho intramolecular Hbond substituents is 1. The van der Waals surface area contributed by atoms with E-state index in [2.05, 4.69) is 24.4 Å².